The summed E-state index contributed by atoms with van der Waals surface area (Å²) in [6.07, 6.45) is 4.44. The van der Waals surface area contributed by atoms with Crippen molar-refractivity contribution in [3.05, 3.63) is 0 Å². The van der Waals surface area contributed by atoms with Crippen LogP contribution in [0.25, 0.3) is 0 Å². The monoisotopic (exact) mass is 269 g/mol. The Balaban J connectivity index is 1.90. The normalized spacial score (nSPS) is 34.4. The zero-order valence-corrected chi connectivity index (χ0v) is 11.4. The number of rotatable bonds is 4. The van der Waals surface area contributed by atoms with Crippen molar-refractivity contribution in [2.24, 2.45) is 17.8 Å². The van der Waals surface area contributed by atoms with Gasteiger partial charge in [0.1, 0.15) is 0 Å². The number of aliphatic hydroxyl groups is 1. The predicted octanol–water partition coefficient (Wildman–Crippen LogP) is 1.11. The van der Waals surface area contributed by atoms with E-state index in [9.17, 15) is 19.8 Å². The molecule has 5 heteroatoms. The average Bonchev–Trinajstić information content (AvgIpc) is 2.35. The van der Waals surface area contributed by atoms with E-state index in [1.807, 2.05) is 0 Å². The summed E-state index contributed by atoms with van der Waals surface area (Å²) in [7, 11) is 1.75. The van der Waals surface area contributed by atoms with Gasteiger partial charge in [-0.15, -0.1) is 0 Å². The van der Waals surface area contributed by atoms with E-state index in [-0.39, 0.29) is 17.9 Å². The maximum atomic E-state index is 12.4. The van der Waals surface area contributed by atoms with Crippen LogP contribution in [0.2, 0.25) is 0 Å². The molecule has 0 heterocycles. The third kappa shape index (κ3) is 3.26. The largest absolute Gasteiger partial charge is 0.481 e. The molecule has 0 aromatic heterocycles. The van der Waals surface area contributed by atoms with Crippen molar-refractivity contribution in [1.29, 1.82) is 0 Å². The average molecular weight is 269 g/mol. The van der Waals surface area contributed by atoms with Gasteiger partial charge in [-0.05, 0) is 31.6 Å². The lowest BCUT2D eigenvalue weighted by Crippen LogP contribution is -2.45. The van der Waals surface area contributed by atoms with E-state index in [4.69, 9.17) is 0 Å². The number of hydrogen-bond acceptors (Lipinski definition) is 3. The van der Waals surface area contributed by atoms with E-state index in [1.165, 1.54) is 0 Å². The second-order valence-electron chi connectivity index (χ2n) is 6.05. The van der Waals surface area contributed by atoms with Gasteiger partial charge in [-0.3, -0.25) is 9.59 Å². The molecule has 2 aliphatic carbocycles. The number of carbonyl (C=O) groups is 2. The van der Waals surface area contributed by atoms with Gasteiger partial charge >= 0.3 is 5.97 Å². The maximum Gasteiger partial charge on any atom is 0.307 e. The van der Waals surface area contributed by atoms with Crippen LogP contribution in [0.1, 0.15) is 38.5 Å². The van der Waals surface area contributed by atoms with E-state index in [0.29, 0.717) is 25.3 Å². The highest BCUT2D eigenvalue weighted by molar-refractivity contribution is 5.84. The van der Waals surface area contributed by atoms with Gasteiger partial charge in [-0.1, -0.05) is 12.8 Å². The molecule has 1 amide bonds. The predicted molar refractivity (Wildman–Crippen MR) is 69.5 cm³/mol. The topological polar surface area (TPSA) is 77.8 Å². The number of carbonyl (C=O) groups excluding carboxylic acids is 1. The van der Waals surface area contributed by atoms with E-state index in [1.54, 1.807) is 11.9 Å². The Hall–Kier alpha value is -1.10. The third-order valence-corrected chi connectivity index (χ3v) is 4.52. The second kappa shape index (κ2) is 5.90. The molecule has 0 aliphatic heterocycles. The lowest BCUT2D eigenvalue weighted by molar-refractivity contribution is -0.152. The Morgan fingerprint density at radius 2 is 1.74 bits per heavy atom. The number of aliphatic hydroxyl groups excluding tert-OH is 1. The molecule has 2 rings (SSSR count). The van der Waals surface area contributed by atoms with Gasteiger partial charge in [0, 0.05) is 13.6 Å². The Morgan fingerprint density at radius 1 is 1.16 bits per heavy atom. The smallest absolute Gasteiger partial charge is 0.307 e. The molecular weight excluding hydrogens is 246 g/mol. The summed E-state index contributed by atoms with van der Waals surface area (Å²) >= 11 is 0. The summed E-state index contributed by atoms with van der Waals surface area (Å²) in [5, 5.41) is 18.5. The summed E-state index contributed by atoms with van der Waals surface area (Å²) in [6, 6.07) is 0. The fraction of sp³-hybridized carbons (Fsp3) is 0.857. The van der Waals surface area contributed by atoms with Crippen LogP contribution in [-0.2, 0) is 9.59 Å². The van der Waals surface area contributed by atoms with Gasteiger partial charge in [-0.2, -0.15) is 0 Å². The number of carboxylic acid groups (broad SMARTS) is 1. The third-order valence-electron chi connectivity index (χ3n) is 4.52. The second-order valence-corrected chi connectivity index (χ2v) is 6.05. The van der Waals surface area contributed by atoms with Gasteiger partial charge in [-0.25, -0.2) is 0 Å². The van der Waals surface area contributed by atoms with Crippen LogP contribution < -0.4 is 0 Å². The standard InChI is InChI=1S/C14H23NO4/c1-15(8-9-6-10(16)7-9)13(17)11-4-2-3-5-12(11)14(18)19/h9-12,16H,2-8H2,1H3,(H,18,19). The van der Waals surface area contributed by atoms with Gasteiger partial charge in [0.15, 0.2) is 0 Å². The van der Waals surface area contributed by atoms with E-state index >= 15 is 0 Å². The quantitative estimate of drug-likeness (QED) is 0.801. The highest BCUT2D eigenvalue weighted by Crippen LogP contribution is 2.33. The Kier molecular flexibility index (Phi) is 4.45. The number of nitrogens with zero attached hydrogens (tertiary/aromatic N) is 1. The van der Waals surface area contributed by atoms with Crippen LogP contribution in [0.4, 0.5) is 0 Å². The van der Waals surface area contributed by atoms with Crippen LogP contribution in [-0.4, -0.2) is 46.7 Å². The number of amides is 1. The van der Waals surface area contributed by atoms with Crippen LogP contribution >= 0.6 is 0 Å². The minimum Gasteiger partial charge on any atom is -0.481 e. The van der Waals surface area contributed by atoms with Crippen LogP contribution in [0.3, 0.4) is 0 Å². The molecule has 2 saturated carbocycles. The fourth-order valence-electron chi connectivity index (χ4n) is 3.33. The first-order chi connectivity index (χ1) is 8.99. The Labute approximate surface area is 113 Å². The van der Waals surface area contributed by atoms with Gasteiger partial charge in [0.05, 0.1) is 17.9 Å². The molecule has 0 radical (unpaired) electrons. The highest BCUT2D eigenvalue weighted by Gasteiger charge is 2.38. The number of aliphatic carboxylic acids is 1. The molecule has 2 fully saturated rings. The number of carboxylic acids is 1. The molecule has 19 heavy (non-hydrogen) atoms. The summed E-state index contributed by atoms with van der Waals surface area (Å²) in [5.74, 6) is -1.38. The van der Waals surface area contributed by atoms with E-state index < -0.39 is 11.9 Å². The molecule has 0 aromatic rings. The molecular formula is C14H23NO4. The van der Waals surface area contributed by atoms with Crippen LogP contribution in [0, 0.1) is 17.8 Å². The molecule has 0 aromatic carbocycles. The van der Waals surface area contributed by atoms with Crippen molar-refractivity contribution in [2.45, 2.75) is 44.6 Å². The minimum atomic E-state index is -0.842. The van der Waals surface area contributed by atoms with Gasteiger partial charge in [0.25, 0.3) is 0 Å². The van der Waals surface area contributed by atoms with Crippen molar-refractivity contribution in [3.63, 3.8) is 0 Å². The zero-order valence-electron chi connectivity index (χ0n) is 11.4. The first-order valence-electron chi connectivity index (χ1n) is 7.15. The molecule has 2 atom stereocenters. The SMILES string of the molecule is CN(CC1CC(O)C1)C(=O)C1CCCCC1C(=O)O. The Bertz CT molecular complexity index is 351. The zero-order chi connectivity index (χ0) is 14.0. The Morgan fingerprint density at radius 3 is 2.26 bits per heavy atom. The summed E-state index contributed by atoms with van der Waals surface area (Å²) in [6.45, 7) is 0.638. The maximum absolute atomic E-state index is 12.4. The lowest BCUT2D eigenvalue weighted by Gasteiger charge is -2.37. The van der Waals surface area contributed by atoms with E-state index in [2.05, 4.69) is 0 Å². The molecule has 5 nitrogen and oxygen atoms in total. The molecule has 2 aliphatic rings. The first-order valence-corrected chi connectivity index (χ1v) is 7.15. The molecule has 108 valence electrons. The van der Waals surface area contributed by atoms with Gasteiger partial charge in [0.2, 0.25) is 5.91 Å². The summed E-state index contributed by atoms with van der Waals surface area (Å²) < 4.78 is 0. The fourth-order valence-corrected chi connectivity index (χ4v) is 3.33. The van der Waals surface area contributed by atoms with Gasteiger partial charge < -0.3 is 15.1 Å². The molecule has 2 unspecified atom stereocenters. The highest BCUT2D eigenvalue weighted by atomic mass is 16.4. The van der Waals surface area contributed by atoms with E-state index in [0.717, 1.165) is 25.7 Å². The summed E-state index contributed by atoms with van der Waals surface area (Å²) in [5.41, 5.74) is 0. The van der Waals surface area contributed by atoms with Crippen molar-refractivity contribution < 1.29 is 19.8 Å². The van der Waals surface area contributed by atoms with Crippen molar-refractivity contribution >= 4 is 11.9 Å². The van der Waals surface area contributed by atoms with Crippen LogP contribution in [0.5, 0.6) is 0 Å². The number of hydrogen-bond donors (Lipinski definition) is 2. The van der Waals surface area contributed by atoms with Crippen molar-refractivity contribution in [2.75, 3.05) is 13.6 Å². The molecule has 0 saturated heterocycles. The molecule has 0 spiro atoms. The first kappa shape index (κ1) is 14.3. The molecule has 0 bridgehead atoms. The van der Waals surface area contributed by atoms with Crippen LogP contribution in [0.15, 0.2) is 0 Å². The van der Waals surface area contributed by atoms with Crippen molar-refractivity contribution in [3.8, 4) is 0 Å². The molecule has 2 N–H and O–H groups in total. The summed E-state index contributed by atoms with van der Waals surface area (Å²) in [4.78, 5) is 25.3. The van der Waals surface area contributed by atoms with Crippen molar-refractivity contribution in [1.82, 2.24) is 4.90 Å². The lowest BCUT2D eigenvalue weighted by atomic mass is 9.78. The minimum absolute atomic E-state index is 0.0338.